The van der Waals surface area contributed by atoms with Gasteiger partial charge in [0.2, 0.25) is 5.91 Å². The Morgan fingerprint density at radius 1 is 1.45 bits per heavy atom. The number of amides is 1. The lowest BCUT2D eigenvalue weighted by molar-refractivity contribution is -0.116. The van der Waals surface area contributed by atoms with Gasteiger partial charge < -0.3 is 15.2 Å². The number of carbonyl (C=O) groups excluding carboxylic acids is 1. The lowest BCUT2D eigenvalue weighted by Gasteiger charge is -2.22. The van der Waals surface area contributed by atoms with Gasteiger partial charge in [-0.25, -0.2) is 4.39 Å². The second-order valence-electron chi connectivity index (χ2n) is 5.66. The molecule has 0 aliphatic carbocycles. The molecule has 0 aromatic heterocycles. The first-order valence-electron chi connectivity index (χ1n) is 6.96. The van der Waals surface area contributed by atoms with Gasteiger partial charge in [-0.3, -0.25) is 4.79 Å². The van der Waals surface area contributed by atoms with E-state index in [0.29, 0.717) is 30.7 Å². The van der Waals surface area contributed by atoms with Crippen molar-refractivity contribution in [1.82, 2.24) is 0 Å². The molecule has 1 fully saturated rings. The van der Waals surface area contributed by atoms with Crippen molar-refractivity contribution in [2.45, 2.75) is 38.4 Å². The maximum absolute atomic E-state index is 14.2. The van der Waals surface area contributed by atoms with Crippen LogP contribution in [0.3, 0.4) is 0 Å². The number of halogens is 1. The summed E-state index contributed by atoms with van der Waals surface area (Å²) in [5, 5.41) is 13.0. The Labute approximate surface area is 116 Å². The molecule has 0 spiro atoms. The first kappa shape index (κ1) is 13.5. The number of ether oxygens (including phenoxy) is 1. The van der Waals surface area contributed by atoms with E-state index in [0.717, 1.165) is 12.0 Å². The van der Waals surface area contributed by atoms with Crippen molar-refractivity contribution in [2.24, 2.45) is 5.92 Å². The molecule has 0 radical (unpaired) electrons. The van der Waals surface area contributed by atoms with E-state index in [9.17, 15) is 14.3 Å². The lowest BCUT2D eigenvalue weighted by atomic mass is 9.90. The van der Waals surface area contributed by atoms with E-state index in [1.54, 1.807) is 6.07 Å². The summed E-state index contributed by atoms with van der Waals surface area (Å²) in [7, 11) is 0. The van der Waals surface area contributed by atoms with Gasteiger partial charge >= 0.3 is 0 Å². The van der Waals surface area contributed by atoms with Crippen molar-refractivity contribution in [3.63, 3.8) is 0 Å². The summed E-state index contributed by atoms with van der Waals surface area (Å²) in [6, 6.07) is 2.99. The molecule has 3 unspecified atom stereocenters. The standard InChI is InChI=1S/C15H18FNO3/c1-8-4-10(7-20-8)15(19)11-5-9-2-3-14(18)17-13(9)6-12(11)16/h5-6,8,10,15,19H,2-4,7H2,1H3,(H,17,18). The zero-order chi connectivity index (χ0) is 14.3. The van der Waals surface area contributed by atoms with Crippen molar-refractivity contribution in [3.05, 3.63) is 29.1 Å². The first-order valence-corrected chi connectivity index (χ1v) is 6.96. The van der Waals surface area contributed by atoms with Gasteiger partial charge in [0.1, 0.15) is 5.82 Å². The van der Waals surface area contributed by atoms with Crippen molar-refractivity contribution in [1.29, 1.82) is 0 Å². The molecule has 108 valence electrons. The number of anilines is 1. The number of benzene rings is 1. The molecule has 3 atom stereocenters. The Bertz CT molecular complexity index is 546. The summed E-state index contributed by atoms with van der Waals surface area (Å²) in [4.78, 5) is 11.3. The first-order chi connectivity index (χ1) is 9.54. The molecule has 2 aliphatic rings. The Hall–Kier alpha value is -1.46. The molecular formula is C15H18FNO3. The third kappa shape index (κ3) is 2.43. The maximum atomic E-state index is 14.2. The van der Waals surface area contributed by atoms with Gasteiger partial charge in [-0.15, -0.1) is 0 Å². The summed E-state index contributed by atoms with van der Waals surface area (Å²) in [6.45, 7) is 2.40. The molecule has 1 amide bonds. The van der Waals surface area contributed by atoms with Crippen LogP contribution in [0.5, 0.6) is 0 Å². The van der Waals surface area contributed by atoms with Gasteiger partial charge in [0, 0.05) is 23.6 Å². The Balaban J connectivity index is 1.88. The molecule has 20 heavy (non-hydrogen) atoms. The number of rotatable bonds is 2. The minimum atomic E-state index is -0.858. The van der Waals surface area contributed by atoms with E-state index in [4.69, 9.17) is 4.74 Å². The fourth-order valence-corrected chi connectivity index (χ4v) is 2.97. The van der Waals surface area contributed by atoms with E-state index < -0.39 is 11.9 Å². The van der Waals surface area contributed by atoms with Crippen LogP contribution in [0.4, 0.5) is 10.1 Å². The Morgan fingerprint density at radius 2 is 2.25 bits per heavy atom. The molecule has 1 saturated heterocycles. The van der Waals surface area contributed by atoms with Gasteiger partial charge in [0.15, 0.2) is 0 Å². The zero-order valence-electron chi connectivity index (χ0n) is 11.4. The third-order valence-corrected chi connectivity index (χ3v) is 4.11. The van der Waals surface area contributed by atoms with Crippen LogP contribution in [0, 0.1) is 11.7 Å². The minimum absolute atomic E-state index is 0.0734. The molecule has 2 heterocycles. The number of hydrogen-bond acceptors (Lipinski definition) is 3. The van der Waals surface area contributed by atoms with Crippen LogP contribution in [0.2, 0.25) is 0 Å². The van der Waals surface area contributed by atoms with Gasteiger partial charge in [-0.1, -0.05) is 0 Å². The average Bonchev–Trinajstić information content (AvgIpc) is 2.84. The van der Waals surface area contributed by atoms with Crippen LogP contribution in [-0.2, 0) is 16.0 Å². The minimum Gasteiger partial charge on any atom is -0.388 e. The van der Waals surface area contributed by atoms with E-state index in [1.807, 2.05) is 6.92 Å². The van der Waals surface area contributed by atoms with E-state index >= 15 is 0 Å². The smallest absolute Gasteiger partial charge is 0.224 e. The molecule has 2 aliphatic heterocycles. The highest BCUT2D eigenvalue weighted by molar-refractivity contribution is 5.93. The van der Waals surface area contributed by atoms with Crippen molar-refractivity contribution in [2.75, 3.05) is 11.9 Å². The van der Waals surface area contributed by atoms with Crippen LogP contribution in [0.15, 0.2) is 12.1 Å². The van der Waals surface area contributed by atoms with E-state index in [2.05, 4.69) is 5.32 Å². The van der Waals surface area contributed by atoms with Gasteiger partial charge in [0.25, 0.3) is 0 Å². The highest BCUT2D eigenvalue weighted by Crippen LogP contribution is 2.35. The highest BCUT2D eigenvalue weighted by Gasteiger charge is 2.31. The summed E-state index contributed by atoms with van der Waals surface area (Å²) >= 11 is 0. The maximum Gasteiger partial charge on any atom is 0.224 e. The molecule has 0 bridgehead atoms. The molecule has 5 heteroatoms. The number of nitrogens with one attached hydrogen (secondary N) is 1. The molecule has 2 N–H and O–H groups in total. The molecule has 1 aromatic carbocycles. The lowest BCUT2D eigenvalue weighted by Crippen LogP contribution is -2.21. The van der Waals surface area contributed by atoms with Crippen molar-refractivity contribution < 1.29 is 19.0 Å². The van der Waals surface area contributed by atoms with Crippen LogP contribution < -0.4 is 5.32 Å². The normalized spacial score (nSPS) is 27.1. The zero-order valence-corrected chi connectivity index (χ0v) is 11.4. The summed E-state index contributed by atoms with van der Waals surface area (Å²) in [6.07, 6.45) is 0.961. The van der Waals surface area contributed by atoms with E-state index in [-0.39, 0.29) is 17.9 Å². The van der Waals surface area contributed by atoms with E-state index in [1.165, 1.54) is 6.07 Å². The van der Waals surface area contributed by atoms with Gasteiger partial charge in [0.05, 0.1) is 18.8 Å². The molecule has 4 nitrogen and oxygen atoms in total. The monoisotopic (exact) mass is 279 g/mol. The number of carbonyl (C=O) groups is 1. The number of aliphatic hydroxyl groups is 1. The quantitative estimate of drug-likeness (QED) is 0.872. The fourth-order valence-electron chi connectivity index (χ4n) is 2.97. The Morgan fingerprint density at radius 3 is 2.95 bits per heavy atom. The van der Waals surface area contributed by atoms with Gasteiger partial charge in [-0.2, -0.15) is 0 Å². The van der Waals surface area contributed by atoms with Gasteiger partial charge in [-0.05, 0) is 37.5 Å². The van der Waals surface area contributed by atoms with Crippen LogP contribution >= 0.6 is 0 Å². The molecule has 0 saturated carbocycles. The predicted molar refractivity (Wildman–Crippen MR) is 71.8 cm³/mol. The second kappa shape index (κ2) is 5.14. The average molecular weight is 279 g/mol. The van der Waals surface area contributed by atoms with Crippen LogP contribution in [0.25, 0.3) is 0 Å². The number of aliphatic hydroxyl groups excluding tert-OH is 1. The Kier molecular flexibility index (Phi) is 3.48. The van der Waals surface area contributed by atoms with Crippen LogP contribution in [-0.4, -0.2) is 23.7 Å². The van der Waals surface area contributed by atoms with Crippen molar-refractivity contribution in [3.8, 4) is 0 Å². The second-order valence-corrected chi connectivity index (χ2v) is 5.66. The fraction of sp³-hybridized carbons (Fsp3) is 0.533. The third-order valence-electron chi connectivity index (χ3n) is 4.11. The SMILES string of the molecule is CC1CC(C(O)c2cc3c(cc2F)NC(=O)CC3)CO1. The molecule has 3 rings (SSSR count). The summed E-state index contributed by atoms with van der Waals surface area (Å²) in [5.41, 5.74) is 1.71. The molecule has 1 aromatic rings. The number of hydrogen-bond donors (Lipinski definition) is 2. The van der Waals surface area contributed by atoms with Crippen molar-refractivity contribution >= 4 is 11.6 Å². The van der Waals surface area contributed by atoms with Crippen LogP contribution in [0.1, 0.15) is 37.0 Å². The number of aryl methyl sites for hydroxylation is 1. The predicted octanol–water partition coefficient (Wildman–Crippen LogP) is 2.17. The molecular weight excluding hydrogens is 261 g/mol. The largest absolute Gasteiger partial charge is 0.388 e. The summed E-state index contributed by atoms with van der Waals surface area (Å²) < 4.78 is 19.6. The topological polar surface area (TPSA) is 58.6 Å². The number of fused-ring (bicyclic) bond motifs is 1. The highest BCUT2D eigenvalue weighted by atomic mass is 19.1. The summed E-state index contributed by atoms with van der Waals surface area (Å²) in [5.74, 6) is -0.642.